The Morgan fingerprint density at radius 3 is 2.81 bits per heavy atom. The summed E-state index contributed by atoms with van der Waals surface area (Å²) in [6.45, 7) is 0.0184. The largest absolute Gasteiger partial charge is 0.488 e. The number of hydrogen-bond acceptors (Lipinski definition) is 4. The Hall–Kier alpha value is -2.27. The molecular weight excluding hydrogens is 297 g/mol. The first kappa shape index (κ1) is 15.1. The standard InChI is InChI=1S/C15H13ClFNO3/c1-20-15(19)11-7-10(18)5-6-13(11)21-8-9-3-2-4-12(17)14(9)16/h2-7H,8,18H2,1H3. The smallest absolute Gasteiger partial charge is 0.341 e. The molecule has 0 unspecified atom stereocenters. The average molecular weight is 310 g/mol. The van der Waals surface area contributed by atoms with Crippen LogP contribution >= 0.6 is 11.6 Å². The number of anilines is 1. The van der Waals surface area contributed by atoms with E-state index in [-0.39, 0.29) is 22.9 Å². The molecule has 0 heterocycles. The molecule has 2 aromatic carbocycles. The van der Waals surface area contributed by atoms with Gasteiger partial charge in [0.05, 0.1) is 12.1 Å². The van der Waals surface area contributed by atoms with E-state index in [9.17, 15) is 9.18 Å². The van der Waals surface area contributed by atoms with Crippen LogP contribution < -0.4 is 10.5 Å². The zero-order valence-electron chi connectivity index (χ0n) is 11.2. The lowest BCUT2D eigenvalue weighted by molar-refractivity contribution is 0.0595. The third kappa shape index (κ3) is 3.44. The highest BCUT2D eigenvalue weighted by atomic mass is 35.5. The molecule has 21 heavy (non-hydrogen) atoms. The number of nitrogen functional groups attached to an aromatic ring is 1. The molecule has 0 saturated carbocycles. The molecule has 0 atom stereocenters. The van der Waals surface area contributed by atoms with Crippen molar-refractivity contribution in [3.8, 4) is 5.75 Å². The van der Waals surface area contributed by atoms with Crippen LogP contribution in [-0.2, 0) is 11.3 Å². The van der Waals surface area contributed by atoms with Gasteiger partial charge >= 0.3 is 5.97 Å². The number of rotatable bonds is 4. The Morgan fingerprint density at radius 1 is 1.33 bits per heavy atom. The van der Waals surface area contributed by atoms with Gasteiger partial charge < -0.3 is 15.2 Å². The van der Waals surface area contributed by atoms with Gasteiger partial charge in [-0.05, 0) is 24.3 Å². The molecule has 0 radical (unpaired) electrons. The summed E-state index contributed by atoms with van der Waals surface area (Å²) in [7, 11) is 1.26. The number of carbonyl (C=O) groups is 1. The van der Waals surface area contributed by atoms with Gasteiger partial charge in [-0.25, -0.2) is 9.18 Å². The lowest BCUT2D eigenvalue weighted by atomic mass is 10.1. The topological polar surface area (TPSA) is 61.5 Å². The van der Waals surface area contributed by atoms with Crippen LogP contribution in [0.3, 0.4) is 0 Å². The Bertz CT molecular complexity index is 676. The number of nitrogens with two attached hydrogens (primary N) is 1. The van der Waals surface area contributed by atoms with E-state index in [0.717, 1.165) is 0 Å². The summed E-state index contributed by atoms with van der Waals surface area (Å²) in [5.41, 5.74) is 6.72. The van der Waals surface area contributed by atoms with Gasteiger partial charge in [0.25, 0.3) is 0 Å². The fraction of sp³-hybridized carbons (Fsp3) is 0.133. The van der Waals surface area contributed by atoms with Crippen LogP contribution in [0.15, 0.2) is 36.4 Å². The minimum atomic E-state index is -0.567. The second-order valence-corrected chi connectivity index (χ2v) is 4.63. The summed E-state index contributed by atoms with van der Waals surface area (Å²) in [4.78, 5) is 11.7. The lowest BCUT2D eigenvalue weighted by Gasteiger charge is -2.12. The number of ether oxygens (including phenoxy) is 2. The molecule has 0 aliphatic rings. The molecule has 4 nitrogen and oxygen atoms in total. The SMILES string of the molecule is COC(=O)c1cc(N)ccc1OCc1cccc(F)c1Cl. The minimum Gasteiger partial charge on any atom is -0.488 e. The molecule has 0 bridgehead atoms. The van der Waals surface area contributed by atoms with E-state index in [1.54, 1.807) is 18.2 Å². The zero-order valence-corrected chi connectivity index (χ0v) is 12.0. The number of esters is 1. The molecule has 2 rings (SSSR count). The number of methoxy groups -OCH3 is 1. The van der Waals surface area contributed by atoms with Gasteiger partial charge in [0.1, 0.15) is 23.7 Å². The van der Waals surface area contributed by atoms with E-state index in [2.05, 4.69) is 4.74 Å². The maximum Gasteiger partial charge on any atom is 0.341 e. The maximum absolute atomic E-state index is 13.3. The third-order valence-corrected chi connectivity index (χ3v) is 3.25. The van der Waals surface area contributed by atoms with Crippen molar-refractivity contribution >= 4 is 23.3 Å². The monoisotopic (exact) mass is 309 g/mol. The first-order valence-electron chi connectivity index (χ1n) is 6.06. The van der Waals surface area contributed by atoms with Crippen molar-refractivity contribution in [1.82, 2.24) is 0 Å². The number of hydrogen-bond donors (Lipinski definition) is 1. The van der Waals surface area contributed by atoms with Gasteiger partial charge in [0.15, 0.2) is 0 Å². The molecule has 0 aliphatic heterocycles. The molecule has 2 N–H and O–H groups in total. The summed E-state index contributed by atoms with van der Waals surface area (Å²) in [6, 6.07) is 9.03. The molecular formula is C15H13ClFNO3. The van der Waals surface area contributed by atoms with Gasteiger partial charge in [-0.3, -0.25) is 0 Å². The summed E-state index contributed by atoms with van der Waals surface area (Å²) >= 11 is 5.85. The third-order valence-electron chi connectivity index (χ3n) is 2.82. The highest BCUT2D eigenvalue weighted by Gasteiger charge is 2.14. The van der Waals surface area contributed by atoms with Crippen LogP contribution in [0.2, 0.25) is 5.02 Å². The van der Waals surface area contributed by atoms with Crippen LogP contribution in [0, 0.1) is 5.82 Å². The number of carbonyl (C=O) groups excluding carboxylic acids is 1. The zero-order chi connectivity index (χ0) is 15.4. The first-order chi connectivity index (χ1) is 10.0. The Labute approximate surface area is 126 Å². The second-order valence-electron chi connectivity index (χ2n) is 4.25. The van der Waals surface area contributed by atoms with Gasteiger partial charge in [-0.15, -0.1) is 0 Å². The van der Waals surface area contributed by atoms with Crippen molar-refractivity contribution < 1.29 is 18.7 Å². The Kier molecular flexibility index (Phi) is 4.65. The predicted octanol–water partition coefficient (Wildman–Crippen LogP) is 3.43. The average Bonchev–Trinajstić information content (AvgIpc) is 2.49. The molecule has 0 spiro atoms. The van der Waals surface area contributed by atoms with E-state index in [1.165, 1.54) is 25.3 Å². The lowest BCUT2D eigenvalue weighted by Crippen LogP contribution is -2.07. The van der Waals surface area contributed by atoms with Crippen LogP contribution in [0.1, 0.15) is 15.9 Å². The van der Waals surface area contributed by atoms with E-state index < -0.39 is 11.8 Å². The summed E-state index contributed by atoms with van der Waals surface area (Å²) < 4.78 is 23.5. The first-order valence-corrected chi connectivity index (χ1v) is 6.44. The van der Waals surface area contributed by atoms with Crippen LogP contribution in [0.5, 0.6) is 5.75 Å². The van der Waals surface area contributed by atoms with Crippen LogP contribution in [0.25, 0.3) is 0 Å². The van der Waals surface area contributed by atoms with E-state index in [4.69, 9.17) is 22.1 Å². The fourth-order valence-corrected chi connectivity index (χ4v) is 1.94. The Balaban J connectivity index is 2.24. The van der Waals surface area contributed by atoms with Crippen molar-refractivity contribution in [2.75, 3.05) is 12.8 Å². The van der Waals surface area contributed by atoms with Gasteiger partial charge in [0.2, 0.25) is 0 Å². The summed E-state index contributed by atoms with van der Waals surface area (Å²) in [6.07, 6.45) is 0. The van der Waals surface area contributed by atoms with E-state index >= 15 is 0 Å². The van der Waals surface area contributed by atoms with Crippen LogP contribution in [-0.4, -0.2) is 13.1 Å². The summed E-state index contributed by atoms with van der Waals surface area (Å²) in [5.74, 6) is -0.803. The molecule has 2 aromatic rings. The maximum atomic E-state index is 13.3. The van der Waals surface area contributed by atoms with Gasteiger partial charge in [-0.1, -0.05) is 23.7 Å². The molecule has 0 aromatic heterocycles. The van der Waals surface area contributed by atoms with Crippen molar-refractivity contribution in [2.45, 2.75) is 6.61 Å². The molecule has 6 heteroatoms. The molecule has 0 aliphatic carbocycles. The van der Waals surface area contributed by atoms with Crippen LogP contribution in [0.4, 0.5) is 10.1 Å². The molecule has 110 valence electrons. The quantitative estimate of drug-likeness (QED) is 0.694. The van der Waals surface area contributed by atoms with Gasteiger partial charge in [-0.2, -0.15) is 0 Å². The molecule has 0 saturated heterocycles. The van der Waals surface area contributed by atoms with Crippen molar-refractivity contribution in [2.24, 2.45) is 0 Å². The van der Waals surface area contributed by atoms with Crippen molar-refractivity contribution in [3.63, 3.8) is 0 Å². The van der Waals surface area contributed by atoms with E-state index in [1.807, 2.05) is 0 Å². The molecule has 0 fully saturated rings. The van der Waals surface area contributed by atoms with Crippen molar-refractivity contribution in [3.05, 3.63) is 58.4 Å². The van der Waals surface area contributed by atoms with Crippen molar-refractivity contribution in [1.29, 1.82) is 0 Å². The highest BCUT2D eigenvalue weighted by molar-refractivity contribution is 6.31. The molecule has 0 amide bonds. The number of benzene rings is 2. The minimum absolute atomic E-state index is 0.00689. The normalized spacial score (nSPS) is 10.2. The number of halogens is 2. The fourth-order valence-electron chi connectivity index (χ4n) is 1.76. The van der Waals surface area contributed by atoms with Gasteiger partial charge in [0, 0.05) is 11.3 Å². The Morgan fingerprint density at radius 2 is 2.10 bits per heavy atom. The second kappa shape index (κ2) is 6.45. The van der Waals surface area contributed by atoms with E-state index in [0.29, 0.717) is 11.3 Å². The highest BCUT2D eigenvalue weighted by Crippen LogP contribution is 2.25. The predicted molar refractivity (Wildman–Crippen MR) is 77.9 cm³/mol. The summed E-state index contributed by atoms with van der Waals surface area (Å²) in [5, 5.41) is -0.00689.